The number of H-pyrrole nitrogens is 1. The highest BCUT2D eigenvalue weighted by Crippen LogP contribution is 2.26. The number of rotatable bonds is 7. The molecule has 0 atom stereocenters. The molecule has 1 aliphatic rings. The molecule has 6 heteroatoms. The van der Waals surface area contributed by atoms with Crippen molar-refractivity contribution in [2.75, 3.05) is 31.6 Å². The van der Waals surface area contributed by atoms with Gasteiger partial charge in [0.05, 0.1) is 11.0 Å². The number of aromatic amines is 1. The van der Waals surface area contributed by atoms with Crippen LogP contribution >= 0.6 is 0 Å². The Bertz CT molecular complexity index is 1000. The van der Waals surface area contributed by atoms with Gasteiger partial charge in [-0.25, -0.2) is 14.4 Å². The first-order valence-electron chi connectivity index (χ1n) is 11.5. The molecule has 2 aromatic heterocycles. The molecule has 1 fully saturated rings. The lowest BCUT2D eigenvalue weighted by atomic mass is 9.92. The van der Waals surface area contributed by atoms with Crippen molar-refractivity contribution in [1.82, 2.24) is 19.9 Å². The van der Waals surface area contributed by atoms with Gasteiger partial charge in [-0.2, -0.15) is 0 Å². The fourth-order valence-corrected chi connectivity index (χ4v) is 4.56. The number of nitrogens with one attached hydrogen (secondary N) is 1. The zero-order valence-electron chi connectivity index (χ0n) is 19.2. The predicted octanol–water partition coefficient (Wildman–Crippen LogP) is 5.41. The molecule has 5 nitrogen and oxygen atoms in total. The SMILES string of the molecule is Cc1c(F)ccc2[nH]c(-c3ccc(N(CCCC4CCN(C)CC4)C(C)C)nc3)nc12. The van der Waals surface area contributed by atoms with E-state index in [9.17, 15) is 4.39 Å². The van der Waals surface area contributed by atoms with Crippen LogP contribution in [0.2, 0.25) is 0 Å². The summed E-state index contributed by atoms with van der Waals surface area (Å²) in [6.07, 6.45) is 7.01. The molecule has 0 amide bonds. The number of aromatic nitrogens is 3. The molecule has 4 rings (SSSR count). The number of hydrogen-bond acceptors (Lipinski definition) is 4. The summed E-state index contributed by atoms with van der Waals surface area (Å²) in [6.45, 7) is 9.70. The van der Waals surface area contributed by atoms with Gasteiger partial charge in [-0.15, -0.1) is 0 Å². The van der Waals surface area contributed by atoms with Gasteiger partial charge in [0.25, 0.3) is 0 Å². The first-order chi connectivity index (χ1) is 14.9. The number of likely N-dealkylation sites (tertiary alicyclic amines) is 1. The predicted molar refractivity (Wildman–Crippen MR) is 126 cm³/mol. The molecule has 1 saturated heterocycles. The Kier molecular flexibility index (Phi) is 6.56. The Balaban J connectivity index is 1.43. The summed E-state index contributed by atoms with van der Waals surface area (Å²) >= 11 is 0. The highest BCUT2D eigenvalue weighted by atomic mass is 19.1. The zero-order chi connectivity index (χ0) is 22.0. The second-order valence-electron chi connectivity index (χ2n) is 9.24. The standard InChI is InChI=1S/C25H34FN5/c1-17(2)31(13-5-6-19-11-14-30(4)15-12-19)23-10-7-20(16-27-23)25-28-22-9-8-21(26)18(3)24(22)29-25/h7-10,16-17,19H,5-6,11-15H2,1-4H3,(H,28,29). The number of halogens is 1. The smallest absolute Gasteiger partial charge is 0.140 e. The van der Waals surface area contributed by atoms with Crippen molar-refractivity contribution in [3.63, 3.8) is 0 Å². The highest BCUT2D eigenvalue weighted by Gasteiger charge is 2.18. The summed E-state index contributed by atoms with van der Waals surface area (Å²) in [7, 11) is 2.22. The third kappa shape index (κ3) is 4.90. The van der Waals surface area contributed by atoms with Crippen LogP contribution in [0.25, 0.3) is 22.4 Å². The third-order valence-electron chi connectivity index (χ3n) is 6.63. The van der Waals surface area contributed by atoms with Crippen LogP contribution in [0.5, 0.6) is 0 Å². The summed E-state index contributed by atoms with van der Waals surface area (Å²) in [6, 6.07) is 7.74. The van der Waals surface area contributed by atoms with Crippen LogP contribution in [0.15, 0.2) is 30.5 Å². The largest absolute Gasteiger partial charge is 0.354 e. The van der Waals surface area contributed by atoms with Crippen molar-refractivity contribution in [3.05, 3.63) is 41.8 Å². The van der Waals surface area contributed by atoms with Gasteiger partial charge < -0.3 is 14.8 Å². The van der Waals surface area contributed by atoms with Crippen molar-refractivity contribution >= 4 is 16.9 Å². The van der Waals surface area contributed by atoms with E-state index in [4.69, 9.17) is 4.98 Å². The second kappa shape index (κ2) is 9.35. The molecule has 0 unspecified atom stereocenters. The van der Waals surface area contributed by atoms with Crippen molar-refractivity contribution in [2.45, 2.75) is 52.5 Å². The van der Waals surface area contributed by atoms with Gasteiger partial charge in [-0.05, 0) is 96.8 Å². The van der Waals surface area contributed by atoms with E-state index < -0.39 is 0 Å². The van der Waals surface area contributed by atoms with Crippen LogP contribution < -0.4 is 4.90 Å². The lowest BCUT2D eigenvalue weighted by Crippen LogP contribution is -2.33. The van der Waals surface area contributed by atoms with Gasteiger partial charge >= 0.3 is 0 Å². The molecule has 1 aromatic carbocycles. The van der Waals surface area contributed by atoms with Gasteiger partial charge in [-0.3, -0.25) is 0 Å². The van der Waals surface area contributed by atoms with E-state index in [1.165, 1.54) is 44.8 Å². The second-order valence-corrected chi connectivity index (χ2v) is 9.24. The van der Waals surface area contributed by atoms with E-state index in [1.807, 2.05) is 6.20 Å². The molecule has 1 N–H and O–H groups in total. The van der Waals surface area contributed by atoms with Gasteiger partial charge in [0.1, 0.15) is 17.5 Å². The first kappa shape index (κ1) is 21.8. The topological polar surface area (TPSA) is 48.1 Å². The van der Waals surface area contributed by atoms with E-state index in [1.54, 1.807) is 13.0 Å². The zero-order valence-corrected chi connectivity index (χ0v) is 19.2. The number of benzene rings is 1. The van der Waals surface area contributed by atoms with Crippen LogP contribution in [-0.4, -0.2) is 52.6 Å². The fourth-order valence-electron chi connectivity index (χ4n) is 4.56. The first-order valence-corrected chi connectivity index (χ1v) is 11.5. The Hall–Kier alpha value is -2.47. The van der Waals surface area contributed by atoms with Gasteiger partial charge in [-0.1, -0.05) is 0 Å². The minimum absolute atomic E-state index is 0.230. The van der Waals surface area contributed by atoms with E-state index in [0.717, 1.165) is 35.2 Å². The minimum atomic E-state index is -0.230. The summed E-state index contributed by atoms with van der Waals surface area (Å²) in [5.74, 6) is 2.36. The van der Waals surface area contributed by atoms with E-state index >= 15 is 0 Å². The Morgan fingerprint density at radius 2 is 1.97 bits per heavy atom. The number of nitrogens with zero attached hydrogens (tertiary/aromatic N) is 4. The quantitative estimate of drug-likeness (QED) is 0.552. The van der Waals surface area contributed by atoms with Crippen LogP contribution in [0.4, 0.5) is 10.2 Å². The van der Waals surface area contributed by atoms with Crippen molar-refractivity contribution in [1.29, 1.82) is 0 Å². The average molecular weight is 424 g/mol. The van der Waals surface area contributed by atoms with Crippen LogP contribution in [-0.2, 0) is 0 Å². The number of piperidine rings is 1. The maximum absolute atomic E-state index is 13.8. The van der Waals surface area contributed by atoms with Gasteiger partial charge in [0.15, 0.2) is 0 Å². The van der Waals surface area contributed by atoms with Gasteiger partial charge in [0, 0.05) is 29.9 Å². The summed E-state index contributed by atoms with van der Waals surface area (Å²) < 4.78 is 13.8. The number of hydrogen-bond donors (Lipinski definition) is 1. The maximum atomic E-state index is 13.8. The number of pyridine rings is 1. The molecule has 0 aliphatic carbocycles. The fraction of sp³-hybridized carbons (Fsp3) is 0.520. The number of imidazole rings is 1. The number of aryl methyl sites for hydroxylation is 1. The van der Waals surface area contributed by atoms with Gasteiger partial charge in [0.2, 0.25) is 0 Å². The minimum Gasteiger partial charge on any atom is -0.354 e. The average Bonchev–Trinajstić information content (AvgIpc) is 3.20. The molecule has 0 saturated carbocycles. The summed E-state index contributed by atoms with van der Waals surface area (Å²) in [4.78, 5) is 17.5. The van der Waals surface area contributed by atoms with Crippen molar-refractivity contribution < 1.29 is 4.39 Å². The lowest BCUT2D eigenvalue weighted by molar-refractivity contribution is 0.210. The molecular formula is C25H34FN5. The molecule has 31 heavy (non-hydrogen) atoms. The Labute approximate surface area is 184 Å². The third-order valence-corrected chi connectivity index (χ3v) is 6.63. The van der Waals surface area contributed by atoms with Crippen LogP contribution in [0.1, 0.15) is 45.1 Å². The monoisotopic (exact) mass is 423 g/mol. The highest BCUT2D eigenvalue weighted by molar-refractivity contribution is 5.82. The van der Waals surface area contributed by atoms with E-state index in [0.29, 0.717) is 17.1 Å². The van der Waals surface area contributed by atoms with Crippen molar-refractivity contribution in [2.24, 2.45) is 5.92 Å². The lowest BCUT2D eigenvalue weighted by Gasteiger charge is -2.31. The van der Waals surface area contributed by atoms with Crippen LogP contribution in [0, 0.1) is 18.7 Å². The maximum Gasteiger partial charge on any atom is 0.140 e. The summed E-state index contributed by atoms with van der Waals surface area (Å²) in [5, 5.41) is 0. The summed E-state index contributed by atoms with van der Waals surface area (Å²) in [5.41, 5.74) is 3.00. The molecular weight excluding hydrogens is 389 g/mol. The molecule has 3 heterocycles. The molecule has 0 bridgehead atoms. The van der Waals surface area contributed by atoms with E-state index in [-0.39, 0.29) is 5.82 Å². The molecule has 166 valence electrons. The normalized spacial score (nSPS) is 15.8. The molecule has 0 spiro atoms. The number of anilines is 1. The number of fused-ring (bicyclic) bond motifs is 1. The van der Waals surface area contributed by atoms with Crippen molar-refractivity contribution in [3.8, 4) is 11.4 Å². The Morgan fingerprint density at radius 1 is 1.19 bits per heavy atom. The van der Waals surface area contributed by atoms with E-state index in [2.05, 4.69) is 52.8 Å². The molecule has 3 aromatic rings. The van der Waals surface area contributed by atoms with Crippen LogP contribution in [0.3, 0.4) is 0 Å². The Morgan fingerprint density at radius 3 is 2.65 bits per heavy atom. The molecule has 0 radical (unpaired) electrons. The molecule has 1 aliphatic heterocycles.